The molecule has 2 unspecified atom stereocenters. The van der Waals surface area contributed by atoms with E-state index in [1.54, 1.807) is 0 Å². The largest absolute Gasteiger partial charge is 0.123 e. The van der Waals surface area contributed by atoms with Gasteiger partial charge in [0.1, 0.15) is 0 Å². The molecule has 0 N–H and O–H groups in total. The van der Waals surface area contributed by atoms with Gasteiger partial charge in [0.25, 0.3) is 0 Å². The molecule has 1 heteroatoms. The van der Waals surface area contributed by atoms with Crippen LogP contribution in [0, 0.1) is 5.92 Å². The first-order chi connectivity index (χ1) is 4.33. The minimum absolute atomic E-state index is 0.454. The molecule has 1 saturated carbocycles. The van der Waals surface area contributed by atoms with Gasteiger partial charge in [-0.1, -0.05) is 6.08 Å². The summed E-state index contributed by atoms with van der Waals surface area (Å²) >= 11 is 5.91. The Balaban J connectivity index is 2.21. The fourth-order valence-corrected chi connectivity index (χ4v) is 1.84. The first-order valence-electron chi connectivity index (χ1n) is 3.58. The third-order valence-corrected chi connectivity index (χ3v) is 2.37. The molecule has 0 heterocycles. The van der Waals surface area contributed by atoms with E-state index in [0.717, 1.165) is 12.3 Å². The molecular weight excluding hydrogens is 132 g/mol. The highest BCUT2D eigenvalue weighted by atomic mass is 35.5. The van der Waals surface area contributed by atoms with E-state index in [9.17, 15) is 0 Å². The number of halogens is 1. The molecule has 0 aliphatic heterocycles. The first-order valence-corrected chi connectivity index (χ1v) is 4.01. The number of hydrogen-bond acceptors (Lipinski definition) is 0. The smallest absolute Gasteiger partial charge is 0.0338 e. The maximum atomic E-state index is 5.91. The van der Waals surface area contributed by atoms with E-state index in [1.807, 2.05) is 6.08 Å². The Morgan fingerprint density at radius 2 is 2.33 bits per heavy atom. The second-order valence-corrected chi connectivity index (χ2v) is 3.42. The lowest BCUT2D eigenvalue weighted by molar-refractivity contribution is 0.559. The fourth-order valence-electron chi connectivity index (χ4n) is 1.46. The molecule has 0 aromatic rings. The highest BCUT2D eigenvalue weighted by molar-refractivity contribution is 6.20. The summed E-state index contributed by atoms with van der Waals surface area (Å²) in [6.45, 7) is 3.71. The van der Waals surface area contributed by atoms with Crippen molar-refractivity contribution in [1.82, 2.24) is 0 Å². The molecule has 0 radical (unpaired) electrons. The normalized spacial score (nSPS) is 34.8. The van der Waals surface area contributed by atoms with Crippen LogP contribution in [0.3, 0.4) is 0 Å². The maximum Gasteiger partial charge on any atom is 0.0338 e. The summed E-state index contributed by atoms with van der Waals surface area (Å²) in [6, 6.07) is 0. The number of allylic oxidation sites excluding steroid dienone is 1. The van der Waals surface area contributed by atoms with E-state index < -0.39 is 0 Å². The third kappa shape index (κ3) is 2.02. The van der Waals surface area contributed by atoms with Crippen LogP contribution in [-0.4, -0.2) is 5.38 Å². The second-order valence-electron chi connectivity index (χ2n) is 2.80. The van der Waals surface area contributed by atoms with Gasteiger partial charge in [0.15, 0.2) is 0 Å². The monoisotopic (exact) mass is 144 g/mol. The Kier molecular flexibility index (Phi) is 2.59. The van der Waals surface area contributed by atoms with Crippen molar-refractivity contribution in [3.8, 4) is 0 Å². The van der Waals surface area contributed by atoms with Crippen LogP contribution >= 0.6 is 11.6 Å². The van der Waals surface area contributed by atoms with Gasteiger partial charge in [-0.25, -0.2) is 0 Å². The molecule has 9 heavy (non-hydrogen) atoms. The number of rotatable bonds is 2. The average Bonchev–Trinajstić information content (AvgIpc) is 2.17. The predicted molar refractivity (Wildman–Crippen MR) is 41.8 cm³/mol. The number of hydrogen-bond donors (Lipinski definition) is 0. The van der Waals surface area contributed by atoms with Crippen LogP contribution in [0.25, 0.3) is 0 Å². The summed E-state index contributed by atoms with van der Waals surface area (Å²) in [7, 11) is 0. The van der Waals surface area contributed by atoms with Gasteiger partial charge in [-0.3, -0.25) is 0 Å². The Hall–Kier alpha value is 0.0300. The summed E-state index contributed by atoms with van der Waals surface area (Å²) in [6.07, 6.45) is 6.87. The lowest BCUT2D eigenvalue weighted by Crippen LogP contribution is -1.92. The fraction of sp³-hybridized carbons (Fsp3) is 0.750. The molecule has 0 nitrogen and oxygen atoms in total. The molecular formula is C8H13Cl. The second kappa shape index (κ2) is 3.26. The minimum atomic E-state index is 0.454. The average molecular weight is 145 g/mol. The van der Waals surface area contributed by atoms with E-state index in [0.29, 0.717) is 5.38 Å². The zero-order valence-corrected chi connectivity index (χ0v) is 6.40. The van der Waals surface area contributed by atoms with Crippen molar-refractivity contribution >= 4 is 11.6 Å². The zero-order valence-electron chi connectivity index (χ0n) is 5.65. The van der Waals surface area contributed by atoms with Crippen molar-refractivity contribution in [3.63, 3.8) is 0 Å². The van der Waals surface area contributed by atoms with E-state index in [2.05, 4.69) is 6.58 Å². The Morgan fingerprint density at radius 3 is 2.78 bits per heavy atom. The molecule has 1 aliphatic rings. The minimum Gasteiger partial charge on any atom is -0.123 e. The topological polar surface area (TPSA) is 0 Å². The van der Waals surface area contributed by atoms with Crippen LogP contribution in [0.15, 0.2) is 12.7 Å². The van der Waals surface area contributed by atoms with Gasteiger partial charge in [0.05, 0.1) is 0 Å². The lowest BCUT2D eigenvalue weighted by Gasteiger charge is -2.02. The Labute approximate surface area is 61.9 Å². The van der Waals surface area contributed by atoms with Crippen molar-refractivity contribution < 1.29 is 0 Å². The van der Waals surface area contributed by atoms with Gasteiger partial charge >= 0.3 is 0 Å². The van der Waals surface area contributed by atoms with Crippen molar-refractivity contribution in [2.45, 2.75) is 31.1 Å². The molecule has 0 aromatic heterocycles. The van der Waals surface area contributed by atoms with Gasteiger partial charge in [0, 0.05) is 5.38 Å². The number of alkyl halides is 1. The SMILES string of the molecule is C=CCC1CCC(Cl)C1. The summed E-state index contributed by atoms with van der Waals surface area (Å²) in [5.74, 6) is 0.838. The van der Waals surface area contributed by atoms with Crippen LogP contribution in [0.1, 0.15) is 25.7 Å². The van der Waals surface area contributed by atoms with Gasteiger partial charge in [0.2, 0.25) is 0 Å². The van der Waals surface area contributed by atoms with Crippen molar-refractivity contribution in [2.24, 2.45) is 5.92 Å². The summed E-state index contributed by atoms with van der Waals surface area (Å²) in [5.41, 5.74) is 0. The molecule has 0 amide bonds. The van der Waals surface area contributed by atoms with Gasteiger partial charge in [-0.2, -0.15) is 0 Å². The van der Waals surface area contributed by atoms with E-state index in [-0.39, 0.29) is 0 Å². The van der Waals surface area contributed by atoms with Crippen LogP contribution in [-0.2, 0) is 0 Å². The molecule has 0 bridgehead atoms. The summed E-state index contributed by atoms with van der Waals surface area (Å²) in [4.78, 5) is 0. The quantitative estimate of drug-likeness (QED) is 0.413. The molecule has 1 fully saturated rings. The molecule has 2 atom stereocenters. The molecule has 52 valence electrons. The Morgan fingerprint density at radius 1 is 1.56 bits per heavy atom. The standard InChI is InChI=1S/C8H13Cl/c1-2-3-7-4-5-8(9)6-7/h2,7-8H,1,3-6H2. The highest BCUT2D eigenvalue weighted by Crippen LogP contribution is 2.31. The van der Waals surface area contributed by atoms with E-state index >= 15 is 0 Å². The predicted octanol–water partition coefficient (Wildman–Crippen LogP) is 2.97. The lowest BCUT2D eigenvalue weighted by atomic mass is 10.1. The van der Waals surface area contributed by atoms with E-state index in [1.165, 1.54) is 19.3 Å². The third-order valence-electron chi connectivity index (χ3n) is 1.98. The summed E-state index contributed by atoms with van der Waals surface area (Å²) < 4.78 is 0. The molecule has 0 spiro atoms. The van der Waals surface area contributed by atoms with Gasteiger partial charge in [-0.05, 0) is 31.6 Å². The van der Waals surface area contributed by atoms with Crippen LogP contribution < -0.4 is 0 Å². The van der Waals surface area contributed by atoms with Gasteiger partial charge < -0.3 is 0 Å². The van der Waals surface area contributed by atoms with Crippen molar-refractivity contribution in [2.75, 3.05) is 0 Å². The van der Waals surface area contributed by atoms with Crippen molar-refractivity contribution in [3.05, 3.63) is 12.7 Å². The van der Waals surface area contributed by atoms with Crippen LogP contribution in [0.4, 0.5) is 0 Å². The molecule has 0 saturated heterocycles. The van der Waals surface area contributed by atoms with Crippen LogP contribution in [0.2, 0.25) is 0 Å². The van der Waals surface area contributed by atoms with Gasteiger partial charge in [-0.15, -0.1) is 18.2 Å². The molecule has 0 aromatic carbocycles. The maximum absolute atomic E-state index is 5.91. The summed E-state index contributed by atoms with van der Waals surface area (Å²) in [5, 5.41) is 0.454. The first kappa shape index (κ1) is 7.14. The Bertz CT molecular complexity index is 98.7. The highest BCUT2D eigenvalue weighted by Gasteiger charge is 2.20. The van der Waals surface area contributed by atoms with Crippen molar-refractivity contribution in [1.29, 1.82) is 0 Å². The van der Waals surface area contributed by atoms with E-state index in [4.69, 9.17) is 11.6 Å². The zero-order chi connectivity index (χ0) is 6.69. The van der Waals surface area contributed by atoms with Crippen LogP contribution in [0.5, 0.6) is 0 Å². The molecule has 1 rings (SSSR count). The molecule has 1 aliphatic carbocycles.